The van der Waals surface area contributed by atoms with E-state index in [2.05, 4.69) is 14.8 Å². The lowest BCUT2D eigenvalue weighted by Crippen LogP contribution is -2.57. The highest BCUT2D eigenvalue weighted by atomic mass is 16.5. The first-order valence-corrected chi connectivity index (χ1v) is 10.1. The third kappa shape index (κ3) is 4.10. The topological polar surface area (TPSA) is 91.9 Å². The van der Waals surface area contributed by atoms with Crippen molar-refractivity contribution in [2.45, 2.75) is 44.2 Å². The number of carbonyl (C=O) groups excluding carboxylic acids is 1. The first-order chi connectivity index (χ1) is 13.0. The van der Waals surface area contributed by atoms with Crippen LogP contribution in [0.25, 0.3) is 0 Å². The number of aromatic nitrogens is 1. The summed E-state index contributed by atoms with van der Waals surface area (Å²) in [5.41, 5.74) is 5.93. The number of likely N-dealkylation sites (tertiary alicyclic amines) is 1. The SMILES string of the molecule is NC(=O)c1ccc(N2CCC3(CC2)CC(O)CN(C2CCOCC2)C3)nc1. The third-order valence-electron chi connectivity index (χ3n) is 6.54. The molecule has 3 fully saturated rings. The Morgan fingerprint density at radius 2 is 2.00 bits per heavy atom. The van der Waals surface area contributed by atoms with E-state index >= 15 is 0 Å². The number of carbonyl (C=O) groups is 1. The summed E-state index contributed by atoms with van der Waals surface area (Å²) in [6.45, 7) is 5.41. The van der Waals surface area contributed by atoms with E-state index in [9.17, 15) is 9.90 Å². The third-order valence-corrected chi connectivity index (χ3v) is 6.54. The zero-order valence-corrected chi connectivity index (χ0v) is 15.8. The Hall–Kier alpha value is -1.70. The van der Waals surface area contributed by atoms with Crippen LogP contribution in [0.3, 0.4) is 0 Å². The summed E-state index contributed by atoms with van der Waals surface area (Å²) < 4.78 is 5.51. The number of piperidine rings is 2. The molecule has 1 amide bonds. The van der Waals surface area contributed by atoms with E-state index in [-0.39, 0.29) is 11.5 Å². The molecule has 1 atom stereocenters. The Bertz CT molecular complexity index is 652. The predicted molar refractivity (Wildman–Crippen MR) is 103 cm³/mol. The number of rotatable bonds is 3. The molecule has 0 aromatic carbocycles. The zero-order valence-electron chi connectivity index (χ0n) is 15.8. The number of pyridine rings is 1. The number of aliphatic hydroxyl groups excluding tert-OH is 1. The summed E-state index contributed by atoms with van der Waals surface area (Å²) in [5.74, 6) is 0.448. The van der Waals surface area contributed by atoms with Crippen molar-refractivity contribution in [1.29, 1.82) is 0 Å². The fourth-order valence-corrected chi connectivity index (χ4v) is 5.01. The fourth-order valence-electron chi connectivity index (χ4n) is 5.01. The molecule has 148 valence electrons. The van der Waals surface area contributed by atoms with Gasteiger partial charge in [0, 0.05) is 51.6 Å². The van der Waals surface area contributed by atoms with Crippen molar-refractivity contribution >= 4 is 11.7 Å². The van der Waals surface area contributed by atoms with E-state index in [4.69, 9.17) is 10.5 Å². The lowest BCUT2D eigenvalue weighted by atomic mass is 9.71. The number of hydrogen-bond donors (Lipinski definition) is 2. The van der Waals surface area contributed by atoms with Crippen LogP contribution in [0.15, 0.2) is 18.3 Å². The molecule has 1 aromatic heterocycles. The number of nitrogens with two attached hydrogens (primary N) is 1. The van der Waals surface area contributed by atoms with E-state index in [0.29, 0.717) is 11.6 Å². The molecule has 7 nitrogen and oxygen atoms in total. The summed E-state index contributed by atoms with van der Waals surface area (Å²) in [4.78, 5) is 20.4. The maximum absolute atomic E-state index is 11.2. The number of ether oxygens (including phenoxy) is 1. The van der Waals surface area contributed by atoms with Crippen molar-refractivity contribution in [2.24, 2.45) is 11.1 Å². The minimum atomic E-state index is -0.448. The van der Waals surface area contributed by atoms with Crippen LogP contribution in [-0.4, -0.2) is 72.4 Å². The molecule has 0 saturated carbocycles. The normalized spacial score (nSPS) is 27.0. The summed E-state index contributed by atoms with van der Waals surface area (Å²) in [6.07, 6.45) is 6.48. The Balaban J connectivity index is 1.39. The molecule has 1 aromatic rings. The van der Waals surface area contributed by atoms with Crippen molar-refractivity contribution < 1.29 is 14.6 Å². The summed E-state index contributed by atoms with van der Waals surface area (Å²) >= 11 is 0. The monoisotopic (exact) mass is 374 g/mol. The molecule has 1 spiro atoms. The van der Waals surface area contributed by atoms with Gasteiger partial charge in [-0.1, -0.05) is 0 Å². The van der Waals surface area contributed by atoms with Gasteiger partial charge >= 0.3 is 0 Å². The second-order valence-corrected chi connectivity index (χ2v) is 8.39. The molecular weight excluding hydrogens is 344 g/mol. The molecule has 0 radical (unpaired) electrons. The highest BCUT2D eigenvalue weighted by Crippen LogP contribution is 2.41. The molecule has 3 saturated heterocycles. The lowest BCUT2D eigenvalue weighted by molar-refractivity contribution is -0.0602. The predicted octanol–water partition coefficient (Wildman–Crippen LogP) is 1.01. The van der Waals surface area contributed by atoms with Gasteiger partial charge in [0.2, 0.25) is 5.91 Å². The molecule has 7 heteroatoms. The van der Waals surface area contributed by atoms with Crippen LogP contribution < -0.4 is 10.6 Å². The van der Waals surface area contributed by atoms with Crippen molar-refractivity contribution in [2.75, 3.05) is 44.3 Å². The maximum Gasteiger partial charge on any atom is 0.250 e. The highest BCUT2D eigenvalue weighted by molar-refractivity contribution is 5.92. The van der Waals surface area contributed by atoms with Crippen LogP contribution in [0.2, 0.25) is 0 Å². The number of primary amides is 1. The molecule has 3 N–H and O–H groups in total. The van der Waals surface area contributed by atoms with Gasteiger partial charge in [-0.05, 0) is 49.7 Å². The van der Waals surface area contributed by atoms with Gasteiger partial charge in [0.15, 0.2) is 0 Å². The Kier molecular flexibility index (Phi) is 5.34. The lowest BCUT2D eigenvalue weighted by Gasteiger charge is -2.51. The van der Waals surface area contributed by atoms with Gasteiger partial charge in [-0.15, -0.1) is 0 Å². The van der Waals surface area contributed by atoms with Crippen molar-refractivity contribution in [3.05, 3.63) is 23.9 Å². The maximum atomic E-state index is 11.2. The number of nitrogens with zero attached hydrogens (tertiary/aromatic N) is 3. The first-order valence-electron chi connectivity index (χ1n) is 10.1. The Labute approximate surface area is 160 Å². The van der Waals surface area contributed by atoms with Gasteiger partial charge < -0.3 is 20.5 Å². The molecule has 3 aliphatic heterocycles. The van der Waals surface area contributed by atoms with E-state index in [1.54, 1.807) is 12.3 Å². The van der Waals surface area contributed by atoms with E-state index in [1.165, 1.54) is 0 Å². The van der Waals surface area contributed by atoms with Gasteiger partial charge in [-0.25, -0.2) is 4.98 Å². The molecular formula is C20H30N4O3. The largest absolute Gasteiger partial charge is 0.392 e. The Morgan fingerprint density at radius 1 is 1.26 bits per heavy atom. The second kappa shape index (κ2) is 7.73. The molecule has 27 heavy (non-hydrogen) atoms. The van der Waals surface area contributed by atoms with Gasteiger partial charge in [0.05, 0.1) is 11.7 Å². The molecule has 3 aliphatic rings. The zero-order chi connectivity index (χ0) is 18.9. The molecule has 1 unspecified atom stereocenters. The molecule has 0 bridgehead atoms. The number of aliphatic hydroxyl groups is 1. The van der Waals surface area contributed by atoms with E-state index in [1.807, 2.05) is 6.07 Å². The van der Waals surface area contributed by atoms with Gasteiger partial charge in [-0.3, -0.25) is 9.69 Å². The van der Waals surface area contributed by atoms with E-state index in [0.717, 1.165) is 77.3 Å². The Morgan fingerprint density at radius 3 is 2.63 bits per heavy atom. The smallest absolute Gasteiger partial charge is 0.250 e. The number of β-amino-alcohol motifs (C(OH)–C–C–N with tert-alkyl or cyclic N) is 1. The molecule has 4 heterocycles. The van der Waals surface area contributed by atoms with Gasteiger partial charge in [0.1, 0.15) is 5.82 Å². The molecule has 0 aliphatic carbocycles. The summed E-state index contributed by atoms with van der Waals surface area (Å²) in [5, 5.41) is 10.6. The average Bonchev–Trinajstić information content (AvgIpc) is 2.69. The standard InChI is InChI=1S/C20H30N4O3/c21-19(26)15-1-2-18(22-12-15)23-7-5-20(6-8-23)11-17(25)13-24(14-20)16-3-9-27-10-4-16/h1-2,12,16-17,25H,3-11,13-14H2,(H2,21,26). The highest BCUT2D eigenvalue weighted by Gasteiger charge is 2.43. The van der Waals surface area contributed by atoms with Gasteiger partial charge in [0.25, 0.3) is 0 Å². The van der Waals surface area contributed by atoms with Crippen LogP contribution in [0.4, 0.5) is 5.82 Å². The van der Waals surface area contributed by atoms with Crippen LogP contribution in [0, 0.1) is 5.41 Å². The fraction of sp³-hybridized carbons (Fsp3) is 0.700. The quantitative estimate of drug-likeness (QED) is 0.821. The van der Waals surface area contributed by atoms with Crippen molar-refractivity contribution in [3.8, 4) is 0 Å². The second-order valence-electron chi connectivity index (χ2n) is 8.39. The minimum Gasteiger partial charge on any atom is -0.392 e. The van der Waals surface area contributed by atoms with Crippen molar-refractivity contribution in [1.82, 2.24) is 9.88 Å². The summed E-state index contributed by atoms with van der Waals surface area (Å²) in [6, 6.07) is 4.17. The number of anilines is 1. The minimum absolute atomic E-state index is 0.194. The molecule has 4 rings (SSSR count). The first kappa shape index (κ1) is 18.7. The van der Waals surface area contributed by atoms with Crippen molar-refractivity contribution in [3.63, 3.8) is 0 Å². The number of amides is 1. The summed E-state index contributed by atoms with van der Waals surface area (Å²) in [7, 11) is 0. The van der Waals surface area contributed by atoms with Crippen LogP contribution in [0.5, 0.6) is 0 Å². The van der Waals surface area contributed by atoms with E-state index < -0.39 is 5.91 Å². The van der Waals surface area contributed by atoms with Crippen LogP contribution in [0.1, 0.15) is 42.5 Å². The number of hydrogen-bond acceptors (Lipinski definition) is 6. The van der Waals surface area contributed by atoms with Crippen LogP contribution in [-0.2, 0) is 4.74 Å². The van der Waals surface area contributed by atoms with Crippen LogP contribution >= 0.6 is 0 Å². The average molecular weight is 374 g/mol. The van der Waals surface area contributed by atoms with Gasteiger partial charge in [-0.2, -0.15) is 0 Å².